The normalized spacial score (nSPS) is 15.9. The third-order valence-electron chi connectivity index (χ3n) is 4.63. The van der Waals surface area contributed by atoms with Crippen LogP contribution in [-0.4, -0.2) is 0 Å². The summed E-state index contributed by atoms with van der Waals surface area (Å²) in [5.41, 5.74) is 4.81. The van der Waals surface area contributed by atoms with Gasteiger partial charge in [0.25, 0.3) is 0 Å². The van der Waals surface area contributed by atoms with Crippen molar-refractivity contribution in [1.82, 2.24) is 5.32 Å². The van der Waals surface area contributed by atoms with Crippen LogP contribution in [0.5, 0.6) is 11.5 Å². The second kappa shape index (κ2) is 6.86. The smallest absolute Gasteiger partial charge is 0.135 e. The first-order valence-electron chi connectivity index (χ1n) is 8.69. The van der Waals surface area contributed by atoms with Crippen molar-refractivity contribution in [1.29, 1.82) is 0 Å². The molecular formula is C23H21NO. The lowest BCUT2D eigenvalue weighted by Crippen LogP contribution is -2.12. The van der Waals surface area contributed by atoms with E-state index < -0.39 is 0 Å². The zero-order valence-electron chi connectivity index (χ0n) is 14.3. The SMILES string of the molecule is CC(CC=C1c2ccccc2Oc2ccccc21)C1=CC=CC=CN1. The molecule has 4 rings (SSSR count). The van der Waals surface area contributed by atoms with Crippen molar-refractivity contribution in [3.05, 3.63) is 102 Å². The van der Waals surface area contributed by atoms with Crippen LogP contribution in [0.25, 0.3) is 5.57 Å². The quantitative estimate of drug-likeness (QED) is 0.655. The highest BCUT2D eigenvalue weighted by atomic mass is 16.5. The van der Waals surface area contributed by atoms with Crippen LogP contribution in [-0.2, 0) is 0 Å². The van der Waals surface area contributed by atoms with E-state index >= 15 is 0 Å². The number of benzene rings is 2. The average molecular weight is 327 g/mol. The molecule has 1 atom stereocenters. The Morgan fingerprint density at radius 3 is 2.32 bits per heavy atom. The Balaban J connectivity index is 1.67. The van der Waals surface area contributed by atoms with E-state index in [0.29, 0.717) is 5.92 Å². The maximum atomic E-state index is 6.06. The van der Waals surface area contributed by atoms with Crippen LogP contribution in [0.4, 0.5) is 0 Å². The number of fused-ring (bicyclic) bond motifs is 2. The summed E-state index contributed by atoms with van der Waals surface area (Å²) >= 11 is 0. The Kier molecular flexibility index (Phi) is 4.26. The number of para-hydroxylation sites is 2. The summed E-state index contributed by atoms with van der Waals surface area (Å²) < 4.78 is 6.06. The predicted molar refractivity (Wildman–Crippen MR) is 103 cm³/mol. The first-order chi connectivity index (χ1) is 12.3. The molecule has 0 bridgehead atoms. The molecule has 2 aromatic carbocycles. The van der Waals surface area contributed by atoms with Gasteiger partial charge in [0.15, 0.2) is 0 Å². The summed E-state index contributed by atoms with van der Waals surface area (Å²) in [5.74, 6) is 2.26. The summed E-state index contributed by atoms with van der Waals surface area (Å²) in [4.78, 5) is 0. The fourth-order valence-electron chi connectivity index (χ4n) is 3.24. The molecule has 25 heavy (non-hydrogen) atoms. The van der Waals surface area contributed by atoms with Crippen molar-refractivity contribution in [2.45, 2.75) is 13.3 Å². The van der Waals surface area contributed by atoms with Gasteiger partial charge in [-0.05, 0) is 42.2 Å². The zero-order valence-corrected chi connectivity index (χ0v) is 14.3. The summed E-state index contributed by atoms with van der Waals surface area (Å²) in [6.45, 7) is 2.25. The first-order valence-corrected chi connectivity index (χ1v) is 8.69. The van der Waals surface area contributed by atoms with Crippen LogP contribution in [0.15, 0.2) is 90.8 Å². The monoisotopic (exact) mass is 327 g/mol. The van der Waals surface area contributed by atoms with Crippen molar-refractivity contribution in [2.24, 2.45) is 5.92 Å². The van der Waals surface area contributed by atoms with Gasteiger partial charge in [0.05, 0.1) is 0 Å². The molecule has 2 aliphatic heterocycles. The lowest BCUT2D eigenvalue weighted by Gasteiger charge is -2.23. The van der Waals surface area contributed by atoms with Gasteiger partial charge in [-0.2, -0.15) is 0 Å². The highest BCUT2D eigenvalue weighted by Gasteiger charge is 2.21. The number of ether oxygens (including phenoxy) is 1. The molecule has 0 spiro atoms. The Labute approximate surface area is 148 Å². The molecule has 2 heteroatoms. The van der Waals surface area contributed by atoms with Gasteiger partial charge in [-0.3, -0.25) is 0 Å². The minimum atomic E-state index is 0.405. The van der Waals surface area contributed by atoms with Gasteiger partial charge in [-0.1, -0.05) is 61.5 Å². The first kappa shape index (κ1) is 15.5. The molecule has 1 N–H and O–H groups in total. The summed E-state index contributed by atoms with van der Waals surface area (Å²) in [7, 11) is 0. The van der Waals surface area contributed by atoms with Crippen LogP contribution >= 0.6 is 0 Å². The molecular weight excluding hydrogens is 306 g/mol. The Morgan fingerprint density at radius 2 is 1.60 bits per heavy atom. The van der Waals surface area contributed by atoms with E-state index in [0.717, 1.165) is 29.0 Å². The van der Waals surface area contributed by atoms with Crippen LogP contribution in [0.1, 0.15) is 24.5 Å². The van der Waals surface area contributed by atoms with E-state index in [1.54, 1.807) is 0 Å². The van der Waals surface area contributed by atoms with Gasteiger partial charge >= 0.3 is 0 Å². The van der Waals surface area contributed by atoms with Crippen LogP contribution < -0.4 is 10.1 Å². The molecule has 0 radical (unpaired) electrons. The topological polar surface area (TPSA) is 21.3 Å². The van der Waals surface area contributed by atoms with Crippen LogP contribution in [0, 0.1) is 5.92 Å². The fourth-order valence-corrected chi connectivity index (χ4v) is 3.24. The van der Waals surface area contributed by atoms with E-state index in [1.807, 2.05) is 42.6 Å². The molecule has 1 unspecified atom stereocenters. The molecule has 2 heterocycles. The van der Waals surface area contributed by atoms with E-state index in [-0.39, 0.29) is 0 Å². The minimum absolute atomic E-state index is 0.405. The number of nitrogens with one attached hydrogen (secondary N) is 1. The highest BCUT2D eigenvalue weighted by Crippen LogP contribution is 2.43. The largest absolute Gasteiger partial charge is 0.456 e. The van der Waals surface area contributed by atoms with Crippen molar-refractivity contribution in [3.8, 4) is 11.5 Å². The van der Waals surface area contributed by atoms with E-state index in [9.17, 15) is 0 Å². The predicted octanol–water partition coefficient (Wildman–Crippen LogP) is 5.81. The van der Waals surface area contributed by atoms with Crippen LogP contribution in [0.3, 0.4) is 0 Å². The summed E-state index contributed by atoms with van der Waals surface area (Å²) in [6.07, 6.45) is 13.6. The molecule has 0 fully saturated rings. The van der Waals surface area contributed by atoms with Gasteiger partial charge in [-0.15, -0.1) is 0 Å². The Bertz CT molecular complexity index is 854. The molecule has 0 aliphatic carbocycles. The molecule has 2 aliphatic rings. The third kappa shape index (κ3) is 3.16. The average Bonchev–Trinajstić information content (AvgIpc) is 2.94. The van der Waals surface area contributed by atoms with Gasteiger partial charge in [0.2, 0.25) is 0 Å². The van der Waals surface area contributed by atoms with Gasteiger partial charge in [-0.25, -0.2) is 0 Å². The van der Waals surface area contributed by atoms with Gasteiger partial charge < -0.3 is 10.1 Å². The molecule has 0 saturated carbocycles. The lowest BCUT2D eigenvalue weighted by molar-refractivity contribution is 0.474. The third-order valence-corrected chi connectivity index (χ3v) is 4.63. The highest BCUT2D eigenvalue weighted by molar-refractivity contribution is 5.87. The molecule has 2 aromatic rings. The second-order valence-corrected chi connectivity index (χ2v) is 6.36. The molecule has 124 valence electrons. The second-order valence-electron chi connectivity index (χ2n) is 6.36. The van der Waals surface area contributed by atoms with Crippen molar-refractivity contribution in [2.75, 3.05) is 0 Å². The number of hydrogen-bond acceptors (Lipinski definition) is 2. The maximum Gasteiger partial charge on any atom is 0.135 e. The molecule has 0 saturated heterocycles. The number of hydrogen-bond donors (Lipinski definition) is 1. The zero-order chi connectivity index (χ0) is 17.1. The Hall–Kier alpha value is -3.00. The van der Waals surface area contributed by atoms with Crippen molar-refractivity contribution >= 4 is 5.57 Å². The standard InChI is InChI=1S/C23H21NO/c1-17(21-11-3-2-8-16-24-21)14-15-18-19-9-4-6-12-22(19)25-23-13-7-5-10-20(18)23/h2-13,15-17,24H,14H2,1H3. The van der Waals surface area contributed by atoms with Gasteiger partial charge in [0, 0.05) is 23.0 Å². The van der Waals surface area contributed by atoms with E-state index in [4.69, 9.17) is 4.74 Å². The number of rotatable bonds is 3. The van der Waals surface area contributed by atoms with Crippen LogP contribution in [0.2, 0.25) is 0 Å². The summed E-state index contributed by atoms with van der Waals surface area (Å²) in [5, 5.41) is 3.37. The van der Waals surface area contributed by atoms with Crippen molar-refractivity contribution < 1.29 is 4.74 Å². The molecule has 0 aromatic heterocycles. The number of allylic oxidation sites excluding steroid dienone is 6. The Morgan fingerprint density at radius 1 is 0.920 bits per heavy atom. The summed E-state index contributed by atoms with van der Waals surface area (Å²) in [6, 6.07) is 16.5. The molecule has 0 amide bonds. The maximum absolute atomic E-state index is 6.06. The van der Waals surface area contributed by atoms with Crippen molar-refractivity contribution in [3.63, 3.8) is 0 Å². The van der Waals surface area contributed by atoms with E-state index in [2.05, 4.69) is 54.7 Å². The van der Waals surface area contributed by atoms with Gasteiger partial charge in [0.1, 0.15) is 11.5 Å². The lowest BCUT2D eigenvalue weighted by atomic mass is 9.91. The fraction of sp³-hybridized carbons (Fsp3) is 0.130. The minimum Gasteiger partial charge on any atom is -0.456 e. The van der Waals surface area contributed by atoms with E-state index in [1.165, 1.54) is 11.3 Å². The molecule has 2 nitrogen and oxygen atoms in total.